The Kier molecular flexibility index (Phi) is 6.36. The van der Waals surface area contributed by atoms with Crippen molar-refractivity contribution in [2.24, 2.45) is 5.92 Å². The van der Waals surface area contributed by atoms with Gasteiger partial charge in [0.2, 0.25) is 0 Å². The minimum Gasteiger partial charge on any atom is -0.508 e. The molecule has 4 atom stereocenters. The summed E-state index contributed by atoms with van der Waals surface area (Å²) < 4.78 is 58.0. The highest BCUT2D eigenvalue weighted by Gasteiger charge is 2.49. The number of aromatic hydroxyl groups is 1. The second-order valence-electron chi connectivity index (χ2n) is 12.5. The summed E-state index contributed by atoms with van der Waals surface area (Å²) in [6.45, 7) is 3.24. The molecule has 226 valence electrons. The summed E-state index contributed by atoms with van der Waals surface area (Å²) in [5, 5.41) is 11.6. The van der Waals surface area contributed by atoms with Gasteiger partial charge in [-0.3, -0.25) is 9.88 Å². The zero-order valence-electron chi connectivity index (χ0n) is 23.9. The summed E-state index contributed by atoms with van der Waals surface area (Å²) >= 11 is 0. The van der Waals surface area contributed by atoms with Crippen molar-refractivity contribution in [2.45, 2.75) is 43.4 Å². The number of pyridine rings is 1. The number of aromatic nitrogens is 3. The van der Waals surface area contributed by atoms with Crippen LogP contribution in [-0.2, 0) is 4.74 Å². The fraction of sp³-hybridized carbons (Fsp3) is 0.424. The maximum Gasteiger partial charge on any atom is 0.319 e. The zero-order valence-corrected chi connectivity index (χ0v) is 23.9. The lowest BCUT2D eigenvalue weighted by Crippen LogP contribution is -2.43. The van der Waals surface area contributed by atoms with Crippen LogP contribution in [0, 0.1) is 29.9 Å². The number of phenols is 1. The van der Waals surface area contributed by atoms with Crippen molar-refractivity contribution in [1.29, 1.82) is 0 Å². The minimum absolute atomic E-state index is 0.00873. The van der Waals surface area contributed by atoms with Crippen LogP contribution in [0.25, 0.3) is 32.9 Å². The van der Waals surface area contributed by atoms with Crippen molar-refractivity contribution in [2.75, 3.05) is 44.4 Å². The molecule has 6 heterocycles. The van der Waals surface area contributed by atoms with E-state index in [-0.39, 0.29) is 52.1 Å². The van der Waals surface area contributed by atoms with Crippen LogP contribution < -0.4 is 9.64 Å². The van der Waals surface area contributed by atoms with Gasteiger partial charge >= 0.3 is 6.01 Å². The molecule has 0 spiro atoms. The summed E-state index contributed by atoms with van der Waals surface area (Å²) in [5.41, 5.74) is -0.521. The molecule has 8 nitrogen and oxygen atoms in total. The monoisotopic (exact) mass is 601 g/mol. The molecule has 8 rings (SSSR count). The first-order chi connectivity index (χ1) is 21.3. The summed E-state index contributed by atoms with van der Waals surface area (Å²) in [4.78, 5) is 18.0. The molecule has 2 aromatic carbocycles. The van der Waals surface area contributed by atoms with Gasteiger partial charge in [0, 0.05) is 42.6 Å². The molecular weight excluding hydrogens is 571 g/mol. The molecule has 11 heteroatoms. The molecule has 4 saturated heterocycles. The molecule has 44 heavy (non-hydrogen) atoms. The first-order valence-electron chi connectivity index (χ1n) is 15.0. The predicted octanol–water partition coefficient (Wildman–Crippen LogP) is 4.99. The smallest absolute Gasteiger partial charge is 0.319 e. The summed E-state index contributed by atoms with van der Waals surface area (Å²) in [6, 6.07) is 5.50. The van der Waals surface area contributed by atoms with Crippen LogP contribution in [0.15, 0.2) is 30.5 Å². The number of ether oxygens (including phenoxy) is 2. The second-order valence-corrected chi connectivity index (χ2v) is 12.5. The topological polar surface area (TPSA) is 83.8 Å². The highest BCUT2D eigenvalue weighted by atomic mass is 19.1. The van der Waals surface area contributed by atoms with Crippen LogP contribution in [0.2, 0.25) is 0 Å². The fourth-order valence-corrected chi connectivity index (χ4v) is 7.82. The lowest BCUT2D eigenvalue weighted by molar-refractivity contribution is 0.0701. The molecule has 0 amide bonds. The summed E-state index contributed by atoms with van der Waals surface area (Å²) in [7, 11) is 0. The SMILES string of the molecule is C#Cc1c(F)ccc2cc(O)cc(-c3ncc4c(N5C[C@H]6COC[C@@H]5C6)nc(OC[C@@]56CCCN5C[C@H](F)C6)nc4c3F)c12. The van der Waals surface area contributed by atoms with E-state index in [1.165, 1.54) is 30.5 Å². The number of rotatable bonds is 5. The van der Waals surface area contributed by atoms with Crippen LogP contribution in [-0.4, -0.2) is 82.2 Å². The highest BCUT2D eigenvalue weighted by Crippen LogP contribution is 2.42. The van der Waals surface area contributed by atoms with Gasteiger partial charge in [-0.2, -0.15) is 9.97 Å². The average Bonchev–Trinajstić information content (AvgIpc) is 3.64. The quantitative estimate of drug-likeness (QED) is 0.321. The summed E-state index contributed by atoms with van der Waals surface area (Å²) in [5.74, 6) is 1.61. The normalized spacial score (nSPS) is 26.4. The number of halogens is 3. The van der Waals surface area contributed by atoms with Crippen LogP contribution >= 0.6 is 0 Å². The van der Waals surface area contributed by atoms with Crippen LogP contribution in [0.3, 0.4) is 0 Å². The molecule has 0 radical (unpaired) electrons. The highest BCUT2D eigenvalue weighted by molar-refractivity contribution is 6.03. The summed E-state index contributed by atoms with van der Waals surface area (Å²) in [6.07, 6.45) is 9.32. The van der Waals surface area contributed by atoms with E-state index in [1.807, 2.05) is 0 Å². The van der Waals surface area contributed by atoms with E-state index in [2.05, 4.69) is 25.7 Å². The van der Waals surface area contributed by atoms with E-state index < -0.39 is 23.3 Å². The molecule has 4 fully saturated rings. The lowest BCUT2D eigenvalue weighted by Gasteiger charge is -2.31. The predicted molar refractivity (Wildman–Crippen MR) is 158 cm³/mol. The number of alkyl halides is 1. The maximum absolute atomic E-state index is 16.7. The molecule has 4 aliphatic heterocycles. The van der Waals surface area contributed by atoms with Crippen molar-refractivity contribution in [3.8, 4) is 35.4 Å². The molecule has 4 aromatic rings. The molecule has 2 bridgehead atoms. The third-order valence-electron chi connectivity index (χ3n) is 9.76. The Morgan fingerprint density at radius 2 is 2.07 bits per heavy atom. The Hall–Kier alpha value is -4.14. The molecule has 1 N–H and O–H groups in total. The number of fused-ring (bicyclic) bond motifs is 5. The van der Waals surface area contributed by atoms with E-state index >= 15 is 4.39 Å². The fourth-order valence-electron chi connectivity index (χ4n) is 7.82. The van der Waals surface area contributed by atoms with Crippen LogP contribution in [0.5, 0.6) is 11.8 Å². The third kappa shape index (κ3) is 4.26. The number of hydrogen-bond acceptors (Lipinski definition) is 8. The lowest BCUT2D eigenvalue weighted by atomic mass is 9.95. The molecule has 2 aromatic heterocycles. The van der Waals surface area contributed by atoms with Crippen LogP contribution in [0.4, 0.5) is 19.0 Å². The van der Waals surface area contributed by atoms with E-state index in [0.29, 0.717) is 55.2 Å². The molecule has 0 unspecified atom stereocenters. The van der Waals surface area contributed by atoms with Gasteiger partial charge in [-0.05, 0) is 49.4 Å². The Balaban J connectivity index is 1.29. The van der Waals surface area contributed by atoms with Crippen molar-refractivity contribution < 1.29 is 27.8 Å². The Bertz CT molecular complexity index is 1870. The number of hydrogen-bond donors (Lipinski definition) is 1. The molecule has 0 saturated carbocycles. The van der Waals surface area contributed by atoms with Gasteiger partial charge in [-0.15, -0.1) is 6.42 Å². The minimum atomic E-state index is -0.920. The van der Waals surface area contributed by atoms with Gasteiger partial charge in [-0.25, -0.2) is 13.2 Å². The number of terminal acetylenes is 1. The van der Waals surface area contributed by atoms with E-state index in [9.17, 15) is 13.9 Å². The first kappa shape index (κ1) is 27.4. The Morgan fingerprint density at radius 3 is 2.91 bits per heavy atom. The van der Waals surface area contributed by atoms with Crippen molar-refractivity contribution >= 4 is 27.5 Å². The average molecular weight is 602 g/mol. The van der Waals surface area contributed by atoms with Gasteiger partial charge in [0.15, 0.2) is 5.82 Å². The van der Waals surface area contributed by atoms with Crippen molar-refractivity contribution in [3.63, 3.8) is 0 Å². The van der Waals surface area contributed by atoms with Crippen LogP contribution in [0.1, 0.15) is 31.2 Å². The number of benzene rings is 2. The Labute approximate surface area is 251 Å². The van der Waals surface area contributed by atoms with E-state index in [1.54, 1.807) is 0 Å². The van der Waals surface area contributed by atoms with Gasteiger partial charge in [0.05, 0.1) is 35.7 Å². The van der Waals surface area contributed by atoms with Gasteiger partial charge in [0.25, 0.3) is 0 Å². The Morgan fingerprint density at radius 1 is 1.18 bits per heavy atom. The van der Waals surface area contributed by atoms with Crippen molar-refractivity contribution in [3.05, 3.63) is 47.7 Å². The molecule has 0 aliphatic carbocycles. The molecular formula is C33H30F3N5O3. The van der Waals surface area contributed by atoms with Gasteiger partial charge in [-0.1, -0.05) is 12.0 Å². The number of phenolic OH excluding ortho intramolecular Hbond substituents is 1. The van der Waals surface area contributed by atoms with E-state index in [0.717, 1.165) is 25.8 Å². The van der Waals surface area contributed by atoms with Crippen molar-refractivity contribution in [1.82, 2.24) is 19.9 Å². The van der Waals surface area contributed by atoms with Gasteiger partial charge in [0.1, 0.15) is 41.4 Å². The zero-order chi connectivity index (χ0) is 30.2. The first-order valence-corrected chi connectivity index (χ1v) is 15.0. The third-order valence-corrected chi connectivity index (χ3v) is 9.76. The molecule has 4 aliphatic rings. The largest absolute Gasteiger partial charge is 0.508 e. The number of anilines is 1. The second kappa shape index (κ2) is 10.2. The van der Waals surface area contributed by atoms with Gasteiger partial charge < -0.3 is 19.5 Å². The van der Waals surface area contributed by atoms with E-state index in [4.69, 9.17) is 20.9 Å². The standard InChI is InChI=1S/C33H30F3N5O3/c1-2-23-26(35)5-4-19-9-22(42)10-24(27(19)23)29-28(36)30-25(12-37-29)31(41-13-18-8-21(41)16-43-15-18)39-32(38-30)44-17-33-6-3-7-40(33)14-20(34)11-33/h1,4-5,9-10,12,18,20-21,42H,3,6-8,11,13-17H2/t18-,20+,21-,33-/m0/s1. The number of nitrogens with zero attached hydrogens (tertiary/aromatic N) is 5. The maximum atomic E-state index is 16.7.